The Morgan fingerprint density at radius 1 is 1.22 bits per heavy atom. The molecule has 0 bridgehead atoms. The number of amides is 2. The number of ether oxygens (including phenoxy) is 1. The van der Waals surface area contributed by atoms with Gasteiger partial charge < -0.3 is 15.8 Å². The molecular formula is C19H27N3O4S. The lowest BCUT2D eigenvalue weighted by molar-refractivity contribution is -0.122. The molecule has 2 aliphatic rings. The number of hydrogen-bond acceptors (Lipinski definition) is 6. The van der Waals surface area contributed by atoms with Crippen LogP contribution in [-0.2, 0) is 27.2 Å². The molecule has 148 valence electrons. The van der Waals surface area contributed by atoms with Crippen LogP contribution in [0.4, 0.5) is 5.00 Å². The van der Waals surface area contributed by atoms with E-state index in [0.29, 0.717) is 10.6 Å². The van der Waals surface area contributed by atoms with Gasteiger partial charge in [-0.3, -0.25) is 14.5 Å². The third-order valence-corrected chi connectivity index (χ3v) is 6.55. The van der Waals surface area contributed by atoms with Crippen LogP contribution in [0.5, 0.6) is 0 Å². The second-order valence-electron chi connectivity index (χ2n) is 7.25. The fourth-order valence-electron chi connectivity index (χ4n) is 4.05. The number of carbonyl (C=O) groups is 3. The van der Waals surface area contributed by atoms with Crippen molar-refractivity contribution in [2.45, 2.75) is 57.4 Å². The normalized spacial score (nSPS) is 20.0. The molecule has 0 radical (unpaired) electrons. The van der Waals surface area contributed by atoms with Gasteiger partial charge in [-0.2, -0.15) is 0 Å². The van der Waals surface area contributed by atoms with Crippen molar-refractivity contribution >= 4 is 34.1 Å². The maximum Gasteiger partial charge on any atom is 0.341 e. The number of nitrogens with one attached hydrogen (secondary N) is 1. The number of fused-ring (bicyclic) bond motifs is 1. The van der Waals surface area contributed by atoms with Gasteiger partial charge in [0, 0.05) is 17.3 Å². The van der Waals surface area contributed by atoms with Crippen LogP contribution >= 0.6 is 11.3 Å². The summed E-state index contributed by atoms with van der Waals surface area (Å²) in [7, 11) is 1.36. The SMILES string of the molecule is COC(=O)c1c(NC(=O)CN2CCCCC2CC(N)=O)sc2c1CCCC2. The van der Waals surface area contributed by atoms with Gasteiger partial charge in [0.15, 0.2) is 0 Å². The van der Waals surface area contributed by atoms with Crippen LogP contribution in [0.15, 0.2) is 0 Å². The smallest absolute Gasteiger partial charge is 0.341 e. The summed E-state index contributed by atoms with van der Waals surface area (Å²) in [6, 6.07) is 0.0126. The molecule has 1 fully saturated rings. The average Bonchev–Trinajstić information content (AvgIpc) is 3.00. The molecule has 0 aromatic carbocycles. The largest absolute Gasteiger partial charge is 0.465 e. The van der Waals surface area contributed by atoms with Crippen LogP contribution in [-0.4, -0.2) is 48.9 Å². The van der Waals surface area contributed by atoms with Crippen LogP contribution in [0, 0.1) is 0 Å². The quantitative estimate of drug-likeness (QED) is 0.721. The van der Waals surface area contributed by atoms with E-state index in [1.54, 1.807) is 0 Å². The van der Waals surface area contributed by atoms with Crippen LogP contribution in [0.2, 0.25) is 0 Å². The third kappa shape index (κ3) is 4.68. The Hall–Kier alpha value is -1.93. The van der Waals surface area contributed by atoms with Crippen molar-refractivity contribution in [2.75, 3.05) is 25.5 Å². The first kappa shape index (κ1) is 19.8. The van der Waals surface area contributed by atoms with Crippen molar-refractivity contribution < 1.29 is 19.1 Å². The van der Waals surface area contributed by atoms with Gasteiger partial charge in [-0.05, 0) is 50.6 Å². The number of methoxy groups -OCH3 is 1. The van der Waals surface area contributed by atoms with Crippen LogP contribution < -0.4 is 11.1 Å². The van der Waals surface area contributed by atoms with Crippen molar-refractivity contribution in [1.29, 1.82) is 0 Å². The number of hydrogen-bond donors (Lipinski definition) is 2. The predicted octanol–water partition coefficient (Wildman–Crippen LogP) is 2.08. The minimum absolute atomic E-state index is 0.0126. The highest BCUT2D eigenvalue weighted by molar-refractivity contribution is 7.17. The lowest BCUT2D eigenvalue weighted by Crippen LogP contribution is -2.45. The molecule has 1 aromatic heterocycles. The maximum absolute atomic E-state index is 12.7. The molecular weight excluding hydrogens is 366 g/mol. The van der Waals surface area contributed by atoms with E-state index < -0.39 is 5.97 Å². The first-order valence-corrected chi connectivity index (χ1v) is 10.4. The Morgan fingerprint density at radius 2 is 2.00 bits per heavy atom. The number of rotatable bonds is 6. The van der Waals surface area contributed by atoms with E-state index in [0.717, 1.165) is 57.1 Å². The Balaban J connectivity index is 1.72. The van der Waals surface area contributed by atoms with Crippen molar-refractivity contribution in [3.63, 3.8) is 0 Å². The highest BCUT2D eigenvalue weighted by Gasteiger charge is 2.29. The first-order chi connectivity index (χ1) is 13.0. The Labute approximate surface area is 163 Å². The van der Waals surface area contributed by atoms with E-state index in [1.807, 2.05) is 4.90 Å². The number of thiophene rings is 1. The fourth-order valence-corrected chi connectivity index (χ4v) is 5.35. The van der Waals surface area contributed by atoms with Crippen LogP contribution in [0.1, 0.15) is 59.3 Å². The Bertz CT molecular complexity index is 731. The predicted molar refractivity (Wildman–Crippen MR) is 104 cm³/mol. The molecule has 2 amide bonds. The Kier molecular flexibility index (Phi) is 6.49. The van der Waals surface area contributed by atoms with Crippen molar-refractivity contribution in [1.82, 2.24) is 4.90 Å². The molecule has 7 nitrogen and oxygen atoms in total. The summed E-state index contributed by atoms with van der Waals surface area (Å²) in [4.78, 5) is 39.4. The Morgan fingerprint density at radius 3 is 2.74 bits per heavy atom. The van der Waals surface area contributed by atoms with Crippen LogP contribution in [0.25, 0.3) is 0 Å². The van der Waals surface area contributed by atoms with E-state index in [2.05, 4.69) is 5.32 Å². The third-order valence-electron chi connectivity index (χ3n) is 5.35. The molecule has 1 aliphatic heterocycles. The highest BCUT2D eigenvalue weighted by Crippen LogP contribution is 2.38. The topological polar surface area (TPSA) is 102 Å². The zero-order valence-corrected chi connectivity index (χ0v) is 16.5. The summed E-state index contributed by atoms with van der Waals surface area (Å²) in [5, 5.41) is 3.51. The van der Waals surface area contributed by atoms with Gasteiger partial charge in [0.2, 0.25) is 11.8 Å². The summed E-state index contributed by atoms with van der Waals surface area (Å²) in [6.07, 6.45) is 7.12. The number of nitrogens with zero attached hydrogens (tertiary/aromatic N) is 1. The van der Waals surface area contributed by atoms with Gasteiger partial charge >= 0.3 is 5.97 Å². The van der Waals surface area contributed by atoms with E-state index in [1.165, 1.54) is 23.3 Å². The molecule has 1 aromatic rings. The molecule has 1 unspecified atom stereocenters. The monoisotopic (exact) mass is 393 g/mol. The van der Waals surface area contributed by atoms with E-state index in [4.69, 9.17) is 10.5 Å². The van der Waals surface area contributed by atoms with Gasteiger partial charge in [-0.1, -0.05) is 6.42 Å². The second kappa shape index (κ2) is 8.84. The molecule has 0 spiro atoms. The summed E-state index contributed by atoms with van der Waals surface area (Å²) in [5.74, 6) is -0.907. The van der Waals surface area contributed by atoms with E-state index in [9.17, 15) is 14.4 Å². The molecule has 2 heterocycles. The number of anilines is 1. The summed E-state index contributed by atoms with van der Waals surface area (Å²) >= 11 is 1.48. The molecule has 8 heteroatoms. The van der Waals surface area contributed by atoms with Crippen LogP contribution in [0.3, 0.4) is 0 Å². The van der Waals surface area contributed by atoms with Gasteiger partial charge in [0.25, 0.3) is 0 Å². The van der Waals surface area contributed by atoms with Gasteiger partial charge in [0.1, 0.15) is 5.00 Å². The standard InChI is InChI=1S/C19H27N3O4S/c1-26-19(25)17-13-7-2-3-8-14(13)27-18(17)21-16(24)11-22-9-5-4-6-12(22)10-15(20)23/h12H,2-11H2,1H3,(H2,20,23)(H,21,24). The highest BCUT2D eigenvalue weighted by atomic mass is 32.1. The first-order valence-electron chi connectivity index (χ1n) is 9.54. The number of aryl methyl sites for hydroxylation is 1. The molecule has 1 aliphatic carbocycles. The van der Waals surface area contributed by atoms with Gasteiger partial charge in [-0.15, -0.1) is 11.3 Å². The van der Waals surface area contributed by atoms with Gasteiger partial charge in [-0.25, -0.2) is 4.79 Å². The zero-order valence-electron chi connectivity index (χ0n) is 15.7. The molecule has 3 N–H and O–H groups in total. The number of piperidine rings is 1. The number of nitrogens with two attached hydrogens (primary N) is 1. The average molecular weight is 394 g/mol. The number of likely N-dealkylation sites (tertiary alicyclic amines) is 1. The van der Waals surface area contributed by atoms with E-state index >= 15 is 0 Å². The molecule has 0 saturated carbocycles. The minimum Gasteiger partial charge on any atom is -0.465 e. The summed E-state index contributed by atoms with van der Waals surface area (Å²) < 4.78 is 4.95. The van der Waals surface area contributed by atoms with Crippen molar-refractivity contribution in [3.05, 3.63) is 16.0 Å². The molecule has 3 rings (SSSR count). The lowest BCUT2D eigenvalue weighted by Gasteiger charge is -2.34. The second-order valence-corrected chi connectivity index (χ2v) is 8.35. The zero-order chi connectivity index (χ0) is 19.4. The number of carbonyl (C=O) groups excluding carboxylic acids is 3. The lowest BCUT2D eigenvalue weighted by atomic mass is 9.95. The van der Waals surface area contributed by atoms with Gasteiger partial charge in [0.05, 0.1) is 19.2 Å². The molecule has 1 atom stereocenters. The minimum atomic E-state index is -0.394. The summed E-state index contributed by atoms with van der Waals surface area (Å²) in [5.41, 5.74) is 6.89. The van der Waals surface area contributed by atoms with Crippen molar-refractivity contribution in [3.8, 4) is 0 Å². The number of esters is 1. The maximum atomic E-state index is 12.7. The molecule has 27 heavy (non-hydrogen) atoms. The number of primary amides is 1. The van der Waals surface area contributed by atoms with E-state index in [-0.39, 0.29) is 30.8 Å². The van der Waals surface area contributed by atoms with Crippen molar-refractivity contribution in [2.24, 2.45) is 5.73 Å². The summed E-state index contributed by atoms with van der Waals surface area (Å²) in [6.45, 7) is 0.970. The molecule has 1 saturated heterocycles. The fraction of sp³-hybridized carbons (Fsp3) is 0.632.